The number of benzene rings is 1. The first-order valence-electron chi connectivity index (χ1n) is 4.30. The second kappa shape index (κ2) is 6.45. The summed E-state index contributed by atoms with van der Waals surface area (Å²) in [5.74, 6) is 2.53. The molecule has 1 nitrogen and oxygen atoms in total. The molecule has 0 saturated heterocycles. The first-order valence-corrected chi connectivity index (χ1v) is 4.30. The zero-order valence-corrected chi connectivity index (χ0v) is 7.80. The Morgan fingerprint density at radius 2 is 1.43 bits per heavy atom. The molecule has 0 radical (unpaired) electrons. The standard InChI is InChI=1S/C8H6.C5H5N/c1-2-8-6-4-3-5-7-8;1-2-4-6-5-3-1/h1,3-7H;1-5H. The smallest absolute Gasteiger partial charge is 0.0267 e. The predicted octanol–water partition coefficient (Wildman–Crippen LogP) is 2.75. The Balaban J connectivity index is 0.000000146. The molecule has 2 rings (SSSR count). The van der Waals surface area contributed by atoms with Crippen LogP contribution in [0.4, 0.5) is 0 Å². The van der Waals surface area contributed by atoms with Crippen LogP contribution < -0.4 is 0 Å². The van der Waals surface area contributed by atoms with Gasteiger partial charge in [-0.3, -0.25) is 4.98 Å². The summed E-state index contributed by atoms with van der Waals surface area (Å²) in [6.07, 6.45) is 8.60. The molecule has 0 fully saturated rings. The number of hydrogen-bond acceptors (Lipinski definition) is 1. The number of aromatic nitrogens is 1. The summed E-state index contributed by atoms with van der Waals surface area (Å²) in [5, 5.41) is 0. The number of rotatable bonds is 0. The van der Waals surface area contributed by atoms with Crippen molar-refractivity contribution >= 4 is 0 Å². The maximum atomic E-state index is 5.10. The van der Waals surface area contributed by atoms with Crippen molar-refractivity contribution in [2.45, 2.75) is 0 Å². The summed E-state index contributed by atoms with van der Waals surface area (Å²) in [7, 11) is 0. The molecule has 14 heavy (non-hydrogen) atoms. The van der Waals surface area contributed by atoms with Crippen LogP contribution in [0.3, 0.4) is 0 Å². The maximum Gasteiger partial charge on any atom is 0.0267 e. The fourth-order valence-corrected chi connectivity index (χ4v) is 0.847. The van der Waals surface area contributed by atoms with E-state index in [1.165, 1.54) is 0 Å². The van der Waals surface area contributed by atoms with Crippen molar-refractivity contribution in [2.24, 2.45) is 0 Å². The van der Waals surface area contributed by atoms with Crippen molar-refractivity contribution in [3.05, 3.63) is 66.5 Å². The minimum atomic E-state index is 0.938. The van der Waals surface area contributed by atoms with Gasteiger partial charge in [-0.1, -0.05) is 30.2 Å². The highest BCUT2D eigenvalue weighted by Crippen LogP contribution is 1.93. The Kier molecular flexibility index (Phi) is 4.61. The van der Waals surface area contributed by atoms with Crippen LogP contribution in [0.2, 0.25) is 0 Å². The largest absolute Gasteiger partial charge is 0.265 e. The molecule has 68 valence electrons. The summed E-state index contributed by atoms with van der Waals surface area (Å²) in [5.41, 5.74) is 0.938. The van der Waals surface area contributed by atoms with Gasteiger partial charge in [-0.25, -0.2) is 0 Å². The molecular formula is C13H11N. The van der Waals surface area contributed by atoms with Gasteiger partial charge in [0.15, 0.2) is 0 Å². The highest BCUT2D eigenvalue weighted by atomic mass is 14.6. The van der Waals surface area contributed by atoms with Crippen LogP contribution in [0, 0.1) is 12.3 Å². The Hall–Kier alpha value is -2.07. The van der Waals surface area contributed by atoms with Crippen LogP contribution in [0.1, 0.15) is 5.56 Å². The first kappa shape index (κ1) is 10.0. The van der Waals surface area contributed by atoms with E-state index in [0.29, 0.717) is 0 Å². The Morgan fingerprint density at radius 1 is 0.857 bits per heavy atom. The lowest BCUT2D eigenvalue weighted by molar-refractivity contribution is 1.33. The molecular weight excluding hydrogens is 170 g/mol. The molecule has 0 unspecified atom stereocenters. The van der Waals surface area contributed by atoms with E-state index in [4.69, 9.17) is 6.42 Å². The molecule has 1 heteroatoms. The van der Waals surface area contributed by atoms with Crippen molar-refractivity contribution < 1.29 is 0 Å². The van der Waals surface area contributed by atoms with Crippen LogP contribution in [0.5, 0.6) is 0 Å². The van der Waals surface area contributed by atoms with Crippen molar-refractivity contribution in [3.8, 4) is 12.3 Å². The zero-order valence-electron chi connectivity index (χ0n) is 7.80. The molecule has 0 atom stereocenters. The van der Waals surface area contributed by atoms with Crippen LogP contribution in [-0.4, -0.2) is 4.98 Å². The fourth-order valence-electron chi connectivity index (χ4n) is 0.847. The molecule has 0 spiro atoms. The Labute approximate surface area is 84.4 Å². The van der Waals surface area contributed by atoms with Crippen LogP contribution in [0.25, 0.3) is 0 Å². The van der Waals surface area contributed by atoms with E-state index in [1.807, 2.05) is 48.5 Å². The van der Waals surface area contributed by atoms with Crippen LogP contribution >= 0.6 is 0 Å². The lowest BCUT2D eigenvalue weighted by atomic mass is 10.2. The third-order valence-electron chi connectivity index (χ3n) is 1.51. The molecule has 0 bridgehead atoms. The third-order valence-corrected chi connectivity index (χ3v) is 1.51. The van der Waals surface area contributed by atoms with Gasteiger partial charge in [0, 0.05) is 18.0 Å². The third kappa shape index (κ3) is 4.08. The van der Waals surface area contributed by atoms with E-state index in [2.05, 4.69) is 10.9 Å². The van der Waals surface area contributed by atoms with E-state index < -0.39 is 0 Å². The van der Waals surface area contributed by atoms with E-state index >= 15 is 0 Å². The van der Waals surface area contributed by atoms with Crippen molar-refractivity contribution in [1.82, 2.24) is 4.98 Å². The van der Waals surface area contributed by atoms with Gasteiger partial charge in [0.1, 0.15) is 0 Å². The number of nitrogens with zero attached hydrogens (tertiary/aromatic N) is 1. The quantitative estimate of drug-likeness (QED) is 0.569. The van der Waals surface area contributed by atoms with Crippen LogP contribution in [0.15, 0.2) is 60.9 Å². The summed E-state index contributed by atoms with van der Waals surface area (Å²) in [4.78, 5) is 3.78. The van der Waals surface area contributed by atoms with Crippen LogP contribution in [-0.2, 0) is 0 Å². The SMILES string of the molecule is C#Cc1ccccc1.c1ccncc1. The second-order valence-electron chi connectivity index (χ2n) is 2.53. The van der Waals surface area contributed by atoms with Gasteiger partial charge < -0.3 is 0 Å². The molecule has 0 aliphatic heterocycles. The maximum absolute atomic E-state index is 5.10. The van der Waals surface area contributed by atoms with E-state index in [0.717, 1.165) is 5.56 Å². The van der Waals surface area contributed by atoms with Gasteiger partial charge in [-0.15, -0.1) is 6.42 Å². The monoisotopic (exact) mass is 181 g/mol. The first-order chi connectivity index (χ1) is 6.93. The minimum absolute atomic E-state index is 0.938. The fraction of sp³-hybridized carbons (Fsp3) is 0. The molecule has 1 heterocycles. The normalized spacial score (nSPS) is 7.93. The van der Waals surface area contributed by atoms with Crippen molar-refractivity contribution in [2.75, 3.05) is 0 Å². The summed E-state index contributed by atoms with van der Waals surface area (Å²) >= 11 is 0. The summed E-state index contributed by atoms with van der Waals surface area (Å²) < 4.78 is 0. The van der Waals surface area contributed by atoms with E-state index in [-0.39, 0.29) is 0 Å². The molecule has 0 N–H and O–H groups in total. The van der Waals surface area contributed by atoms with Crippen molar-refractivity contribution in [1.29, 1.82) is 0 Å². The van der Waals surface area contributed by atoms with Gasteiger partial charge in [-0.2, -0.15) is 0 Å². The molecule has 0 amide bonds. The highest BCUT2D eigenvalue weighted by Gasteiger charge is 1.76. The summed E-state index contributed by atoms with van der Waals surface area (Å²) in [6.45, 7) is 0. The lowest BCUT2D eigenvalue weighted by Gasteiger charge is -1.82. The number of terminal acetylenes is 1. The predicted molar refractivity (Wildman–Crippen MR) is 58.6 cm³/mol. The van der Waals surface area contributed by atoms with E-state index in [1.54, 1.807) is 12.4 Å². The van der Waals surface area contributed by atoms with Gasteiger partial charge in [-0.05, 0) is 24.3 Å². The number of pyridine rings is 1. The average molecular weight is 181 g/mol. The van der Waals surface area contributed by atoms with Gasteiger partial charge in [0.05, 0.1) is 0 Å². The summed E-state index contributed by atoms with van der Waals surface area (Å²) in [6, 6.07) is 15.3. The highest BCUT2D eigenvalue weighted by molar-refractivity contribution is 5.30. The Bertz CT molecular complexity index is 346. The average Bonchev–Trinajstić information content (AvgIpc) is 2.33. The number of hydrogen-bond donors (Lipinski definition) is 0. The topological polar surface area (TPSA) is 12.9 Å². The zero-order chi connectivity index (χ0) is 10.1. The molecule has 0 aliphatic rings. The Morgan fingerprint density at radius 3 is 1.71 bits per heavy atom. The molecule has 1 aromatic heterocycles. The van der Waals surface area contributed by atoms with Gasteiger partial charge in [0.2, 0.25) is 0 Å². The second-order valence-corrected chi connectivity index (χ2v) is 2.53. The molecule has 1 aromatic carbocycles. The molecule has 2 aromatic rings. The van der Waals surface area contributed by atoms with Gasteiger partial charge in [0.25, 0.3) is 0 Å². The molecule has 0 aliphatic carbocycles. The lowest BCUT2D eigenvalue weighted by Crippen LogP contribution is -1.66. The van der Waals surface area contributed by atoms with E-state index in [9.17, 15) is 0 Å². The molecule has 0 saturated carbocycles. The van der Waals surface area contributed by atoms with Gasteiger partial charge >= 0.3 is 0 Å². The van der Waals surface area contributed by atoms with Crippen molar-refractivity contribution in [3.63, 3.8) is 0 Å². The minimum Gasteiger partial charge on any atom is -0.265 e.